The van der Waals surface area contributed by atoms with Gasteiger partial charge < -0.3 is 5.32 Å². The van der Waals surface area contributed by atoms with Crippen LogP contribution < -0.4 is 5.32 Å². The molecule has 2 aliphatic heterocycles. The second-order valence-electron chi connectivity index (χ2n) is 7.89. The van der Waals surface area contributed by atoms with Gasteiger partial charge in [-0.2, -0.15) is 0 Å². The minimum absolute atomic E-state index is 0.146. The van der Waals surface area contributed by atoms with Crippen molar-refractivity contribution in [3.63, 3.8) is 0 Å². The number of fused-ring (bicyclic) bond motifs is 5. The normalized spacial score (nSPS) is 23.3. The Balaban J connectivity index is 1.69. The molecule has 1 aromatic heterocycles. The molecule has 0 bridgehead atoms. The molecule has 0 saturated heterocycles. The topological polar surface area (TPSA) is 24.9 Å². The first-order chi connectivity index (χ1) is 12.0. The largest absolute Gasteiger partial charge is 0.378 e. The van der Waals surface area contributed by atoms with Gasteiger partial charge in [-0.3, -0.25) is 0 Å². The smallest absolute Gasteiger partial charge is 0.102 e. The average molecular weight is 346 g/mol. The van der Waals surface area contributed by atoms with Crippen LogP contribution in [0.3, 0.4) is 0 Å². The quantitative estimate of drug-likeness (QED) is 0.564. The van der Waals surface area contributed by atoms with Crippen molar-refractivity contribution >= 4 is 28.4 Å². The van der Waals surface area contributed by atoms with Gasteiger partial charge in [-0.05, 0) is 36.1 Å². The van der Waals surface area contributed by atoms with Gasteiger partial charge >= 0.3 is 0 Å². The summed E-state index contributed by atoms with van der Waals surface area (Å²) < 4.78 is 0. The number of nitrogens with one attached hydrogen (secondary N) is 1. The maximum absolute atomic E-state index is 4.95. The number of nitrogens with zero attached hydrogens (tertiary/aromatic N) is 1. The Bertz CT molecular complexity index is 992. The van der Waals surface area contributed by atoms with Gasteiger partial charge in [0, 0.05) is 28.3 Å². The van der Waals surface area contributed by atoms with Crippen molar-refractivity contribution < 1.29 is 0 Å². The van der Waals surface area contributed by atoms with Crippen LogP contribution in [0, 0.1) is 12.8 Å². The third kappa shape index (κ3) is 2.22. The van der Waals surface area contributed by atoms with E-state index in [1.807, 2.05) is 11.8 Å². The summed E-state index contributed by atoms with van der Waals surface area (Å²) in [7, 11) is 0. The van der Waals surface area contributed by atoms with Crippen LogP contribution in [-0.4, -0.2) is 10.7 Å². The molecule has 3 heterocycles. The lowest BCUT2D eigenvalue weighted by Gasteiger charge is -2.48. The summed E-state index contributed by atoms with van der Waals surface area (Å²) in [5.74, 6) is 1.67. The Morgan fingerprint density at radius 3 is 2.84 bits per heavy atom. The fourth-order valence-electron chi connectivity index (χ4n) is 4.42. The molecule has 126 valence electrons. The van der Waals surface area contributed by atoms with Gasteiger partial charge in [0.1, 0.15) is 5.03 Å². The number of anilines is 1. The summed E-state index contributed by atoms with van der Waals surface area (Å²) in [5, 5.41) is 6.28. The summed E-state index contributed by atoms with van der Waals surface area (Å²) in [6.07, 6.45) is 0. The zero-order valence-corrected chi connectivity index (χ0v) is 15.7. The van der Waals surface area contributed by atoms with Crippen LogP contribution in [0.5, 0.6) is 0 Å². The zero-order valence-electron chi connectivity index (χ0n) is 14.8. The fraction of sp³-hybridized carbons (Fsp3) is 0.318. The lowest BCUT2D eigenvalue weighted by Crippen LogP contribution is -2.44. The van der Waals surface area contributed by atoms with Crippen molar-refractivity contribution in [3.8, 4) is 0 Å². The molecule has 2 nitrogen and oxygen atoms in total. The van der Waals surface area contributed by atoms with Crippen LogP contribution in [0.4, 0.5) is 5.69 Å². The number of rotatable bonds is 0. The summed E-state index contributed by atoms with van der Waals surface area (Å²) in [6, 6.07) is 17.9. The third-order valence-electron chi connectivity index (χ3n) is 5.96. The van der Waals surface area contributed by atoms with E-state index in [-0.39, 0.29) is 5.41 Å². The lowest BCUT2D eigenvalue weighted by molar-refractivity contribution is 0.292. The Labute approximate surface area is 153 Å². The molecule has 5 rings (SSSR count). The highest BCUT2D eigenvalue weighted by Gasteiger charge is 2.45. The first-order valence-corrected chi connectivity index (χ1v) is 9.93. The van der Waals surface area contributed by atoms with E-state index in [4.69, 9.17) is 4.98 Å². The van der Waals surface area contributed by atoms with E-state index in [0.29, 0.717) is 12.0 Å². The second kappa shape index (κ2) is 5.25. The lowest BCUT2D eigenvalue weighted by atomic mass is 9.66. The van der Waals surface area contributed by atoms with Crippen molar-refractivity contribution in [1.29, 1.82) is 0 Å². The van der Waals surface area contributed by atoms with Gasteiger partial charge in [0.05, 0.1) is 11.6 Å². The standard InChI is InChI=1S/C22H22N2S/c1-13-8-9-19-16(10-13)22(2,3)17-12-25-21-15(20(17)23-19)11-14-6-4-5-7-18(14)24-21/h4-11,17,20,23H,12H2,1-3H3/t17-,20-/m1/s1. The van der Waals surface area contributed by atoms with E-state index in [9.17, 15) is 0 Å². The average Bonchev–Trinajstić information content (AvgIpc) is 2.61. The van der Waals surface area contributed by atoms with Crippen LogP contribution in [0.15, 0.2) is 53.6 Å². The van der Waals surface area contributed by atoms with E-state index >= 15 is 0 Å². The van der Waals surface area contributed by atoms with Crippen LogP contribution in [-0.2, 0) is 5.41 Å². The highest BCUT2D eigenvalue weighted by molar-refractivity contribution is 7.99. The number of para-hydroxylation sites is 1. The molecule has 0 radical (unpaired) electrons. The molecule has 0 saturated carbocycles. The Morgan fingerprint density at radius 2 is 1.96 bits per heavy atom. The molecule has 3 heteroatoms. The fourth-order valence-corrected chi connectivity index (χ4v) is 5.88. The molecule has 0 fully saturated rings. The summed E-state index contributed by atoms with van der Waals surface area (Å²) in [5.41, 5.74) is 6.67. The van der Waals surface area contributed by atoms with Crippen molar-refractivity contribution in [2.24, 2.45) is 5.92 Å². The molecule has 2 aliphatic rings. The Morgan fingerprint density at radius 1 is 1.12 bits per heavy atom. The minimum Gasteiger partial charge on any atom is -0.378 e. The van der Waals surface area contributed by atoms with Crippen LogP contribution >= 0.6 is 11.8 Å². The van der Waals surface area contributed by atoms with E-state index in [1.165, 1.54) is 32.8 Å². The third-order valence-corrected chi connectivity index (χ3v) is 7.09. The summed E-state index contributed by atoms with van der Waals surface area (Å²) in [4.78, 5) is 4.95. The molecule has 25 heavy (non-hydrogen) atoms. The van der Waals surface area contributed by atoms with E-state index < -0.39 is 0 Å². The van der Waals surface area contributed by atoms with Gasteiger partial charge in [0.2, 0.25) is 0 Å². The van der Waals surface area contributed by atoms with E-state index in [1.54, 1.807) is 0 Å². The molecular formula is C22H22N2S. The second-order valence-corrected chi connectivity index (χ2v) is 8.89. The van der Waals surface area contributed by atoms with E-state index in [0.717, 1.165) is 11.3 Å². The molecule has 0 unspecified atom stereocenters. The van der Waals surface area contributed by atoms with Crippen molar-refractivity contribution in [2.45, 2.75) is 37.3 Å². The van der Waals surface area contributed by atoms with Gasteiger partial charge in [0.15, 0.2) is 0 Å². The minimum atomic E-state index is 0.146. The summed E-state index contributed by atoms with van der Waals surface area (Å²) in [6.45, 7) is 7.00. The number of aromatic nitrogens is 1. The number of hydrogen-bond donors (Lipinski definition) is 1. The van der Waals surface area contributed by atoms with Gasteiger partial charge in [-0.25, -0.2) is 4.98 Å². The molecule has 2 atom stereocenters. The Kier molecular flexibility index (Phi) is 3.21. The molecule has 0 aliphatic carbocycles. The van der Waals surface area contributed by atoms with Gasteiger partial charge in [-0.1, -0.05) is 49.7 Å². The van der Waals surface area contributed by atoms with Crippen LogP contribution in [0.1, 0.15) is 36.6 Å². The maximum atomic E-state index is 4.95. The van der Waals surface area contributed by atoms with Crippen LogP contribution in [0.25, 0.3) is 10.9 Å². The molecule has 0 spiro atoms. The van der Waals surface area contributed by atoms with Crippen molar-refractivity contribution in [1.82, 2.24) is 4.98 Å². The number of thioether (sulfide) groups is 1. The first kappa shape index (κ1) is 15.3. The first-order valence-electron chi connectivity index (χ1n) is 8.94. The maximum Gasteiger partial charge on any atom is 0.102 e. The molecule has 1 N–H and O–H groups in total. The van der Waals surface area contributed by atoms with Crippen molar-refractivity contribution in [2.75, 3.05) is 11.1 Å². The Hall–Kier alpha value is -2.00. The highest BCUT2D eigenvalue weighted by Crippen LogP contribution is 2.54. The highest BCUT2D eigenvalue weighted by atomic mass is 32.2. The SMILES string of the molecule is Cc1ccc2c(c1)C(C)(C)[C@@H]1CSc3nc4ccccc4cc3[C@H]1N2. The monoisotopic (exact) mass is 346 g/mol. The number of benzene rings is 2. The van der Waals surface area contributed by atoms with Crippen LogP contribution in [0.2, 0.25) is 0 Å². The van der Waals surface area contributed by atoms with Gasteiger partial charge in [-0.15, -0.1) is 11.8 Å². The molecule has 3 aromatic rings. The predicted molar refractivity (Wildman–Crippen MR) is 107 cm³/mol. The summed E-state index contributed by atoms with van der Waals surface area (Å²) >= 11 is 1.92. The molecule has 2 aromatic carbocycles. The van der Waals surface area contributed by atoms with Gasteiger partial charge in [0.25, 0.3) is 0 Å². The predicted octanol–water partition coefficient (Wildman–Crippen LogP) is 5.71. The van der Waals surface area contributed by atoms with Crippen molar-refractivity contribution in [3.05, 3.63) is 65.2 Å². The zero-order chi connectivity index (χ0) is 17.2. The van der Waals surface area contributed by atoms with E-state index in [2.05, 4.69) is 74.6 Å². The number of aryl methyl sites for hydroxylation is 1. The number of hydrogen-bond acceptors (Lipinski definition) is 3. The molecule has 0 amide bonds. The number of pyridine rings is 1. The molecular weight excluding hydrogens is 324 g/mol.